The molecular weight excluding hydrogens is 584 g/mol. The maximum absolute atomic E-state index is 13.7. The van der Waals surface area contributed by atoms with Crippen molar-refractivity contribution in [1.29, 1.82) is 0 Å². The SMILES string of the molecule is CC(C)(C)OC(=O)N[C@H]1CCCCC/C=C\[C@@H]2C[C@@]2(C(=O)NS(=O)(=O)c2ccc(Cl)cc2)NC(=O)[C@@H]2CCCN2C1=O. The molecule has 4 atom stereocenters. The topological polar surface area (TPSA) is 151 Å². The van der Waals surface area contributed by atoms with Crippen LogP contribution in [0.3, 0.4) is 0 Å². The van der Waals surface area contributed by atoms with Crippen LogP contribution in [0.1, 0.15) is 72.1 Å². The van der Waals surface area contributed by atoms with Gasteiger partial charge >= 0.3 is 6.09 Å². The van der Waals surface area contributed by atoms with Gasteiger partial charge in [-0.15, -0.1) is 0 Å². The number of sulfonamides is 1. The first-order chi connectivity index (χ1) is 19.7. The summed E-state index contributed by atoms with van der Waals surface area (Å²) in [7, 11) is -4.23. The van der Waals surface area contributed by atoms with Crippen LogP contribution in [-0.2, 0) is 29.1 Å². The quantitative estimate of drug-likeness (QED) is 0.435. The molecule has 1 aliphatic carbocycles. The second-order valence-electron chi connectivity index (χ2n) is 12.1. The normalized spacial score (nSPS) is 27.8. The Kier molecular flexibility index (Phi) is 9.56. The molecule has 2 fully saturated rings. The molecular formula is C29H39ClN4O7S. The monoisotopic (exact) mass is 622 g/mol. The number of rotatable bonds is 4. The molecule has 3 aliphatic rings. The lowest BCUT2D eigenvalue weighted by atomic mass is 10.0. The first-order valence-corrected chi connectivity index (χ1v) is 16.2. The van der Waals surface area contributed by atoms with E-state index in [-0.39, 0.29) is 17.2 Å². The first-order valence-electron chi connectivity index (χ1n) is 14.3. The van der Waals surface area contributed by atoms with E-state index in [0.717, 1.165) is 12.8 Å². The third kappa shape index (κ3) is 7.63. The summed E-state index contributed by atoms with van der Waals surface area (Å²) in [6.45, 7) is 5.52. The van der Waals surface area contributed by atoms with Crippen LogP contribution < -0.4 is 15.4 Å². The lowest BCUT2D eigenvalue weighted by Crippen LogP contribution is -2.58. The number of amides is 4. The van der Waals surface area contributed by atoms with Crippen molar-refractivity contribution in [2.45, 2.75) is 100 Å². The molecule has 1 saturated carbocycles. The molecule has 1 saturated heterocycles. The van der Waals surface area contributed by atoms with Crippen molar-refractivity contribution in [1.82, 2.24) is 20.3 Å². The minimum Gasteiger partial charge on any atom is -0.444 e. The minimum absolute atomic E-state index is 0.135. The predicted octanol–water partition coefficient (Wildman–Crippen LogP) is 3.42. The highest BCUT2D eigenvalue weighted by atomic mass is 35.5. The van der Waals surface area contributed by atoms with Gasteiger partial charge in [-0.25, -0.2) is 17.9 Å². The summed E-state index contributed by atoms with van der Waals surface area (Å²) >= 11 is 5.87. The van der Waals surface area contributed by atoms with Crippen molar-refractivity contribution in [3.05, 3.63) is 41.4 Å². The van der Waals surface area contributed by atoms with Crippen LogP contribution in [0.2, 0.25) is 5.02 Å². The van der Waals surface area contributed by atoms with Crippen LogP contribution in [0.15, 0.2) is 41.3 Å². The Bertz CT molecular complexity index is 1340. The van der Waals surface area contributed by atoms with Gasteiger partial charge in [-0.05, 0) is 83.6 Å². The molecule has 4 rings (SSSR count). The van der Waals surface area contributed by atoms with Crippen LogP contribution in [0.5, 0.6) is 0 Å². The first kappa shape index (κ1) is 31.8. The van der Waals surface area contributed by atoms with Gasteiger partial charge in [-0.2, -0.15) is 0 Å². The third-order valence-corrected chi connectivity index (χ3v) is 9.28. The van der Waals surface area contributed by atoms with Gasteiger partial charge in [-0.1, -0.05) is 36.6 Å². The number of carbonyl (C=O) groups excluding carboxylic acids is 4. The predicted molar refractivity (Wildman–Crippen MR) is 156 cm³/mol. The van der Waals surface area contributed by atoms with Crippen LogP contribution in [-0.4, -0.2) is 66.9 Å². The third-order valence-electron chi connectivity index (χ3n) is 7.68. The number of ether oxygens (including phenoxy) is 1. The van der Waals surface area contributed by atoms with Gasteiger partial charge in [0.15, 0.2) is 0 Å². The van der Waals surface area contributed by atoms with E-state index in [9.17, 15) is 27.6 Å². The van der Waals surface area contributed by atoms with Gasteiger partial charge in [0.2, 0.25) is 11.8 Å². The van der Waals surface area contributed by atoms with E-state index >= 15 is 0 Å². The summed E-state index contributed by atoms with van der Waals surface area (Å²) < 4.78 is 33.4. The molecule has 0 unspecified atom stereocenters. The number of hydrogen-bond acceptors (Lipinski definition) is 7. The largest absolute Gasteiger partial charge is 0.444 e. The van der Waals surface area contributed by atoms with E-state index in [1.807, 2.05) is 12.2 Å². The van der Waals surface area contributed by atoms with E-state index in [1.165, 1.54) is 29.2 Å². The highest BCUT2D eigenvalue weighted by Crippen LogP contribution is 2.45. The van der Waals surface area contributed by atoms with Gasteiger partial charge < -0.3 is 20.3 Å². The van der Waals surface area contributed by atoms with Crippen LogP contribution in [0.4, 0.5) is 4.79 Å². The lowest BCUT2D eigenvalue weighted by Gasteiger charge is -2.30. The van der Waals surface area contributed by atoms with Gasteiger partial charge in [0.25, 0.3) is 15.9 Å². The molecule has 0 bridgehead atoms. The Morgan fingerprint density at radius 2 is 1.79 bits per heavy atom. The number of alkyl carbamates (subject to hydrolysis) is 1. The molecule has 2 aliphatic heterocycles. The molecule has 13 heteroatoms. The van der Waals surface area contributed by atoms with Gasteiger partial charge in [0.05, 0.1) is 4.90 Å². The van der Waals surface area contributed by atoms with E-state index in [2.05, 4.69) is 15.4 Å². The number of carbonyl (C=O) groups is 4. The fraction of sp³-hybridized carbons (Fsp3) is 0.586. The molecule has 0 radical (unpaired) electrons. The van der Waals surface area contributed by atoms with Crippen molar-refractivity contribution in [2.24, 2.45) is 5.92 Å². The highest BCUT2D eigenvalue weighted by molar-refractivity contribution is 7.90. The zero-order valence-corrected chi connectivity index (χ0v) is 25.7. The Morgan fingerprint density at radius 3 is 2.48 bits per heavy atom. The number of benzene rings is 1. The average Bonchev–Trinajstić information content (AvgIpc) is 3.35. The molecule has 1 aromatic carbocycles. The van der Waals surface area contributed by atoms with Crippen LogP contribution in [0.25, 0.3) is 0 Å². The number of halogens is 1. The Labute approximate surface area is 251 Å². The smallest absolute Gasteiger partial charge is 0.408 e. The standard InChI is InChI=1S/C29H39ClN4O7S/c1-28(2,3)41-27(38)31-22-11-8-6-4-5-7-10-19-18-29(19,32-24(35)23-12-9-17-34(23)25(22)36)26(37)33-42(39,40)21-15-13-20(30)14-16-21/h7,10,13-16,19,22-23H,4-6,8-9,11-12,17-18H2,1-3H3,(H,31,38)(H,32,35)(H,33,37)/b10-7-/t19-,22+,23+,29-/m1/s1. The van der Waals surface area contributed by atoms with Crippen LogP contribution >= 0.6 is 11.6 Å². The van der Waals surface area contributed by atoms with Gasteiger partial charge in [0.1, 0.15) is 23.2 Å². The average molecular weight is 623 g/mol. The number of hydrogen-bond donors (Lipinski definition) is 3. The minimum atomic E-state index is -4.23. The van der Waals surface area contributed by atoms with Gasteiger partial charge in [-0.3, -0.25) is 14.4 Å². The molecule has 0 spiro atoms. The molecule has 42 heavy (non-hydrogen) atoms. The molecule has 4 amide bonds. The van der Waals surface area contributed by atoms with Crippen molar-refractivity contribution >= 4 is 45.4 Å². The van der Waals surface area contributed by atoms with E-state index in [1.54, 1.807) is 20.8 Å². The number of fused-ring (bicyclic) bond motifs is 2. The second kappa shape index (κ2) is 12.6. The summed E-state index contributed by atoms with van der Waals surface area (Å²) in [6, 6.07) is 3.66. The zero-order valence-electron chi connectivity index (χ0n) is 24.2. The van der Waals surface area contributed by atoms with E-state index in [0.29, 0.717) is 43.7 Å². The molecule has 0 aromatic heterocycles. The summed E-state index contributed by atoms with van der Waals surface area (Å²) in [5, 5.41) is 5.85. The van der Waals surface area contributed by atoms with Crippen molar-refractivity contribution < 1.29 is 32.3 Å². The number of nitrogens with one attached hydrogen (secondary N) is 3. The maximum atomic E-state index is 13.7. The van der Waals surface area contributed by atoms with Crippen molar-refractivity contribution in [3.8, 4) is 0 Å². The summed E-state index contributed by atoms with van der Waals surface area (Å²) in [6.07, 6.45) is 7.64. The highest BCUT2D eigenvalue weighted by Gasteiger charge is 2.61. The Morgan fingerprint density at radius 1 is 1.07 bits per heavy atom. The molecule has 230 valence electrons. The van der Waals surface area contributed by atoms with Gasteiger partial charge in [0, 0.05) is 17.5 Å². The molecule has 1 aromatic rings. The van der Waals surface area contributed by atoms with E-state index < -0.39 is 57.1 Å². The molecule has 3 N–H and O–H groups in total. The molecule has 2 heterocycles. The summed E-state index contributed by atoms with van der Waals surface area (Å²) in [4.78, 5) is 54.7. The van der Waals surface area contributed by atoms with Crippen LogP contribution in [0, 0.1) is 5.92 Å². The molecule has 11 nitrogen and oxygen atoms in total. The fourth-order valence-electron chi connectivity index (χ4n) is 5.43. The summed E-state index contributed by atoms with van der Waals surface area (Å²) in [5.41, 5.74) is -2.22. The van der Waals surface area contributed by atoms with Crippen molar-refractivity contribution in [3.63, 3.8) is 0 Å². The zero-order chi connectivity index (χ0) is 30.7. The maximum Gasteiger partial charge on any atom is 0.408 e. The fourth-order valence-corrected chi connectivity index (χ4v) is 6.59. The Hall–Kier alpha value is -3.12. The Balaban J connectivity index is 1.56. The second-order valence-corrected chi connectivity index (χ2v) is 14.2. The van der Waals surface area contributed by atoms with E-state index in [4.69, 9.17) is 16.3 Å². The summed E-state index contributed by atoms with van der Waals surface area (Å²) in [5.74, 6) is -2.17. The number of nitrogens with zero attached hydrogens (tertiary/aromatic N) is 1. The number of allylic oxidation sites excluding steroid dienone is 1. The van der Waals surface area contributed by atoms with Crippen molar-refractivity contribution in [2.75, 3.05) is 6.54 Å². The lowest BCUT2D eigenvalue weighted by molar-refractivity contribution is -0.141.